The molecule has 196 valence electrons. The van der Waals surface area contributed by atoms with Crippen LogP contribution in [0.1, 0.15) is 15.9 Å². The molecule has 1 amide bonds. The van der Waals surface area contributed by atoms with E-state index in [-0.39, 0.29) is 41.7 Å². The van der Waals surface area contributed by atoms with E-state index in [0.29, 0.717) is 11.5 Å². The number of rotatable bonds is 11. The molecule has 38 heavy (non-hydrogen) atoms. The van der Waals surface area contributed by atoms with Crippen molar-refractivity contribution in [2.45, 2.75) is 11.4 Å². The van der Waals surface area contributed by atoms with Crippen LogP contribution in [0, 0.1) is 5.82 Å². The van der Waals surface area contributed by atoms with E-state index < -0.39 is 15.9 Å². The molecule has 7 nitrogen and oxygen atoms in total. The first kappa shape index (κ1) is 26.7. The van der Waals surface area contributed by atoms with Gasteiger partial charge in [-0.1, -0.05) is 42.5 Å². The summed E-state index contributed by atoms with van der Waals surface area (Å²) in [6.45, 7) is 0.332. The summed E-state index contributed by atoms with van der Waals surface area (Å²) in [6.07, 6.45) is 0. The summed E-state index contributed by atoms with van der Waals surface area (Å²) in [6, 6.07) is 27.4. The van der Waals surface area contributed by atoms with Crippen LogP contribution in [0.25, 0.3) is 0 Å². The third kappa shape index (κ3) is 6.49. The molecule has 0 unspecified atom stereocenters. The molecule has 4 rings (SSSR count). The molecule has 0 atom stereocenters. The SMILES string of the molecule is COc1ccc(S(=O)(=O)N(Cc2ccccc2)c2ccccc2C(=O)NCCOc2ccc(F)cc2)cc1. The standard InChI is InChI=1S/C29H27FN2O5S/c1-36-24-15-17-26(18-16-24)38(34,35)32(21-22-7-3-2-4-8-22)28-10-6-5-9-27(28)29(33)31-19-20-37-25-13-11-23(30)12-14-25/h2-18H,19-21H2,1H3,(H,31,33). The second-order valence-corrected chi connectivity index (χ2v) is 10.1. The number of carbonyl (C=O) groups is 1. The third-order valence-corrected chi connectivity index (χ3v) is 7.48. The average Bonchev–Trinajstić information content (AvgIpc) is 2.95. The first-order valence-corrected chi connectivity index (χ1v) is 13.3. The van der Waals surface area contributed by atoms with Gasteiger partial charge in [0.15, 0.2) is 0 Å². The molecule has 0 saturated heterocycles. The Morgan fingerprint density at radius 2 is 1.47 bits per heavy atom. The molecular weight excluding hydrogens is 507 g/mol. The third-order valence-electron chi connectivity index (χ3n) is 5.70. The summed E-state index contributed by atoms with van der Waals surface area (Å²) >= 11 is 0. The summed E-state index contributed by atoms with van der Waals surface area (Å²) in [5, 5.41) is 2.77. The molecule has 0 radical (unpaired) electrons. The Balaban J connectivity index is 1.59. The molecule has 0 aliphatic carbocycles. The molecule has 9 heteroatoms. The number of hydrogen-bond donors (Lipinski definition) is 1. The number of para-hydroxylation sites is 1. The second kappa shape index (κ2) is 12.2. The highest BCUT2D eigenvalue weighted by Gasteiger charge is 2.28. The van der Waals surface area contributed by atoms with Gasteiger partial charge in [-0.3, -0.25) is 9.10 Å². The second-order valence-electron chi connectivity index (χ2n) is 8.25. The zero-order valence-electron chi connectivity index (χ0n) is 20.7. The number of ether oxygens (including phenoxy) is 2. The van der Waals surface area contributed by atoms with E-state index in [1.165, 1.54) is 47.8 Å². The van der Waals surface area contributed by atoms with Crippen molar-refractivity contribution in [2.24, 2.45) is 0 Å². The number of nitrogens with one attached hydrogen (secondary N) is 1. The number of methoxy groups -OCH3 is 1. The molecule has 0 bridgehead atoms. The van der Waals surface area contributed by atoms with Crippen molar-refractivity contribution in [1.29, 1.82) is 0 Å². The maximum absolute atomic E-state index is 13.9. The first-order valence-electron chi connectivity index (χ1n) is 11.8. The molecular formula is C29H27FN2O5S. The largest absolute Gasteiger partial charge is 0.497 e. The highest BCUT2D eigenvalue weighted by atomic mass is 32.2. The van der Waals surface area contributed by atoms with Crippen LogP contribution < -0.4 is 19.1 Å². The average molecular weight is 535 g/mol. The lowest BCUT2D eigenvalue weighted by molar-refractivity contribution is 0.0947. The van der Waals surface area contributed by atoms with E-state index in [1.54, 1.807) is 36.4 Å². The summed E-state index contributed by atoms with van der Waals surface area (Å²) in [5.41, 5.74) is 1.19. The van der Waals surface area contributed by atoms with Gasteiger partial charge in [0, 0.05) is 0 Å². The summed E-state index contributed by atoms with van der Waals surface area (Å²) in [5.74, 6) is 0.181. The fourth-order valence-corrected chi connectivity index (χ4v) is 5.24. The molecule has 4 aromatic carbocycles. The number of anilines is 1. The van der Waals surface area contributed by atoms with Gasteiger partial charge in [0.1, 0.15) is 23.9 Å². The first-order chi connectivity index (χ1) is 18.4. The predicted molar refractivity (Wildman–Crippen MR) is 143 cm³/mol. The van der Waals surface area contributed by atoms with E-state index in [1.807, 2.05) is 30.3 Å². The molecule has 0 aromatic heterocycles. The summed E-state index contributed by atoms with van der Waals surface area (Å²) in [7, 11) is -2.55. The number of benzene rings is 4. The van der Waals surface area contributed by atoms with Crippen LogP contribution in [0.2, 0.25) is 0 Å². The van der Waals surface area contributed by atoms with Gasteiger partial charge in [-0.2, -0.15) is 0 Å². The molecule has 1 N–H and O–H groups in total. The number of hydrogen-bond acceptors (Lipinski definition) is 5. The van der Waals surface area contributed by atoms with Crippen molar-refractivity contribution >= 4 is 21.6 Å². The van der Waals surface area contributed by atoms with Crippen LogP contribution in [0.4, 0.5) is 10.1 Å². The van der Waals surface area contributed by atoms with Gasteiger partial charge in [0.05, 0.1) is 36.3 Å². The van der Waals surface area contributed by atoms with Gasteiger partial charge < -0.3 is 14.8 Å². The van der Waals surface area contributed by atoms with Gasteiger partial charge in [0.25, 0.3) is 15.9 Å². The van der Waals surface area contributed by atoms with Crippen molar-refractivity contribution < 1.29 is 27.1 Å². The molecule has 0 aliphatic rings. The van der Waals surface area contributed by atoms with Crippen molar-refractivity contribution in [3.05, 3.63) is 120 Å². The van der Waals surface area contributed by atoms with Gasteiger partial charge in [0.2, 0.25) is 0 Å². The Labute approximate surface area is 221 Å². The fourth-order valence-electron chi connectivity index (χ4n) is 3.77. The minimum absolute atomic E-state index is 0.0210. The summed E-state index contributed by atoms with van der Waals surface area (Å²) in [4.78, 5) is 13.2. The van der Waals surface area contributed by atoms with Crippen LogP contribution in [0.5, 0.6) is 11.5 Å². The van der Waals surface area contributed by atoms with Crippen LogP contribution in [-0.2, 0) is 16.6 Å². The van der Waals surface area contributed by atoms with Crippen LogP contribution in [0.15, 0.2) is 108 Å². The van der Waals surface area contributed by atoms with Crippen molar-refractivity contribution in [3.63, 3.8) is 0 Å². The zero-order valence-corrected chi connectivity index (χ0v) is 21.5. The monoisotopic (exact) mass is 534 g/mol. The van der Waals surface area contributed by atoms with Gasteiger partial charge >= 0.3 is 0 Å². The molecule has 0 heterocycles. The van der Waals surface area contributed by atoms with Crippen molar-refractivity contribution in [1.82, 2.24) is 5.32 Å². The van der Waals surface area contributed by atoms with E-state index in [4.69, 9.17) is 9.47 Å². The van der Waals surface area contributed by atoms with E-state index in [0.717, 1.165) is 5.56 Å². The number of carbonyl (C=O) groups excluding carboxylic acids is 1. The molecule has 4 aromatic rings. The normalized spacial score (nSPS) is 11.0. The summed E-state index contributed by atoms with van der Waals surface area (Å²) < 4.78 is 52.7. The molecule has 0 aliphatic heterocycles. The Hall–Kier alpha value is -4.37. The van der Waals surface area contributed by atoms with Crippen LogP contribution in [0.3, 0.4) is 0 Å². The highest BCUT2D eigenvalue weighted by Crippen LogP contribution is 2.30. The van der Waals surface area contributed by atoms with Crippen molar-refractivity contribution in [2.75, 3.05) is 24.6 Å². The van der Waals surface area contributed by atoms with Crippen LogP contribution in [-0.4, -0.2) is 34.6 Å². The maximum Gasteiger partial charge on any atom is 0.264 e. The fraction of sp³-hybridized carbons (Fsp3) is 0.138. The number of halogens is 1. The zero-order chi connectivity index (χ0) is 27.0. The molecule has 0 fully saturated rings. The highest BCUT2D eigenvalue weighted by molar-refractivity contribution is 7.92. The van der Waals surface area contributed by atoms with E-state index in [9.17, 15) is 17.6 Å². The van der Waals surface area contributed by atoms with E-state index >= 15 is 0 Å². The lowest BCUT2D eigenvalue weighted by atomic mass is 10.1. The minimum Gasteiger partial charge on any atom is -0.497 e. The Bertz CT molecular complexity index is 1460. The van der Waals surface area contributed by atoms with E-state index in [2.05, 4.69) is 5.32 Å². The predicted octanol–water partition coefficient (Wildman–Crippen LogP) is 5.04. The van der Waals surface area contributed by atoms with Gasteiger partial charge in [-0.05, 0) is 66.2 Å². The van der Waals surface area contributed by atoms with Gasteiger partial charge in [-0.25, -0.2) is 12.8 Å². The van der Waals surface area contributed by atoms with Gasteiger partial charge in [-0.15, -0.1) is 0 Å². The number of amides is 1. The Morgan fingerprint density at radius 3 is 2.16 bits per heavy atom. The minimum atomic E-state index is -4.06. The lowest BCUT2D eigenvalue weighted by Crippen LogP contribution is -2.34. The Kier molecular flexibility index (Phi) is 8.60. The van der Waals surface area contributed by atoms with Crippen molar-refractivity contribution in [3.8, 4) is 11.5 Å². The number of sulfonamides is 1. The number of nitrogens with zero attached hydrogens (tertiary/aromatic N) is 1. The smallest absolute Gasteiger partial charge is 0.264 e. The topological polar surface area (TPSA) is 84.9 Å². The lowest BCUT2D eigenvalue weighted by Gasteiger charge is -2.26. The maximum atomic E-state index is 13.9. The Morgan fingerprint density at radius 1 is 0.842 bits per heavy atom. The molecule has 0 saturated carbocycles. The quantitative estimate of drug-likeness (QED) is 0.273. The molecule has 0 spiro atoms. The van der Waals surface area contributed by atoms with Crippen LogP contribution >= 0.6 is 0 Å².